The third kappa shape index (κ3) is 4.69. The van der Waals surface area contributed by atoms with Crippen LogP contribution >= 0.6 is 0 Å². The van der Waals surface area contributed by atoms with E-state index in [1.165, 1.54) is 13.2 Å². The number of fused-ring (bicyclic) bond motifs is 2. The van der Waals surface area contributed by atoms with Crippen molar-refractivity contribution in [1.29, 1.82) is 0 Å². The number of esters is 1. The second kappa shape index (κ2) is 10.0. The second-order valence-electron chi connectivity index (χ2n) is 8.61. The molecule has 0 radical (unpaired) electrons. The van der Waals surface area contributed by atoms with Gasteiger partial charge in [0.1, 0.15) is 11.3 Å². The first-order chi connectivity index (χ1) is 18.0. The van der Waals surface area contributed by atoms with Gasteiger partial charge in [0, 0.05) is 34.3 Å². The SMILES string of the molecule is COC(=O)c1ccc(NC(=O)/C=C(\C)c2cc3c(-c4cccc5ccccc45)coc3cc2OC)cc1. The van der Waals surface area contributed by atoms with E-state index in [0.29, 0.717) is 22.6 Å². The normalized spacial score (nSPS) is 11.5. The highest BCUT2D eigenvalue weighted by atomic mass is 16.5. The number of carbonyl (C=O) groups is 2. The number of nitrogens with one attached hydrogen (secondary N) is 1. The lowest BCUT2D eigenvalue weighted by molar-refractivity contribution is -0.111. The Balaban J connectivity index is 1.49. The summed E-state index contributed by atoms with van der Waals surface area (Å²) >= 11 is 0. The molecule has 1 N–H and O–H groups in total. The van der Waals surface area contributed by atoms with E-state index in [1.54, 1.807) is 37.6 Å². The van der Waals surface area contributed by atoms with Crippen molar-refractivity contribution in [1.82, 2.24) is 0 Å². The molecule has 0 saturated heterocycles. The summed E-state index contributed by atoms with van der Waals surface area (Å²) in [6, 6.07) is 24.8. The van der Waals surface area contributed by atoms with E-state index in [4.69, 9.17) is 13.9 Å². The molecule has 5 rings (SSSR count). The standard InChI is InChI=1S/C31H25NO5/c1-19(15-30(33)32-22-13-11-21(12-14-22)31(34)36-3)25-16-26-27(18-37-29(26)17-28(25)35-2)24-10-6-8-20-7-4-5-9-23(20)24/h4-18H,1-3H3,(H,32,33)/b19-15+. The molecule has 5 aromatic rings. The molecule has 0 atom stereocenters. The van der Waals surface area contributed by atoms with E-state index >= 15 is 0 Å². The molecule has 37 heavy (non-hydrogen) atoms. The number of carbonyl (C=O) groups excluding carboxylic acids is 2. The van der Waals surface area contributed by atoms with Crippen LogP contribution in [0.1, 0.15) is 22.8 Å². The Morgan fingerprint density at radius 1 is 0.865 bits per heavy atom. The molecule has 0 aliphatic carbocycles. The molecule has 0 spiro atoms. The molecule has 4 aromatic carbocycles. The van der Waals surface area contributed by atoms with Crippen LogP contribution in [0.2, 0.25) is 0 Å². The summed E-state index contributed by atoms with van der Waals surface area (Å²) in [5.74, 6) is -0.125. The number of amides is 1. The Labute approximate surface area is 214 Å². The van der Waals surface area contributed by atoms with Crippen LogP contribution in [-0.4, -0.2) is 26.1 Å². The maximum absolute atomic E-state index is 12.8. The minimum absolute atomic E-state index is 0.299. The number of hydrogen-bond acceptors (Lipinski definition) is 5. The highest BCUT2D eigenvalue weighted by Crippen LogP contribution is 2.39. The van der Waals surface area contributed by atoms with Gasteiger partial charge in [-0.15, -0.1) is 0 Å². The van der Waals surface area contributed by atoms with Crippen LogP contribution in [0.25, 0.3) is 38.4 Å². The Hall–Kier alpha value is -4.84. The molecule has 0 aliphatic rings. The van der Waals surface area contributed by atoms with Crippen molar-refractivity contribution < 1.29 is 23.5 Å². The van der Waals surface area contributed by atoms with Crippen molar-refractivity contribution in [2.75, 3.05) is 19.5 Å². The molecule has 0 fully saturated rings. The van der Waals surface area contributed by atoms with Crippen molar-refractivity contribution in [3.05, 3.63) is 102 Å². The van der Waals surface area contributed by atoms with Gasteiger partial charge in [-0.1, -0.05) is 42.5 Å². The summed E-state index contributed by atoms with van der Waals surface area (Å²) in [6.07, 6.45) is 3.29. The zero-order valence-electron chi connectivity index (χ0n) is 20.7. The van der Waals surface area contributed by atoms with E-state index in [1.807, 2.05) is 37.3 Å². The van der Waals surface area contributed by atoms with E-state index in [9.17, 15) is 9.59 Å². The van der Waals surface area contributed by atoms with Gasteiger partial charge in [-0.2, -0.15) is 0 Å². The van der Waals surface area contributed by atoms with Gasteiger partial charge in [-0.25, -0.2) is 4.79 Å². The number of rotatable bonds is 6. The molecule has 0 unspecified atom stereocenters. The minimum atomic E-state index is -0.432. The molecule has 1 amide bonds. The number of allylic oxidation sites excluding steroid dienone is 1. The molecular weight excluding hydrogens is 466 g/mol. The number of methoxy groups -OCH3 is 2. The van der Waals surface area contributed by atoms with Crippen molar-refractivity contribution in [2.45, 2.75) is 6.92 Å². The predicted octanol–water partition coefficient (Wildman–Crippen LogP) is 7.09. The lowest BCUT2D eigenvalue weighted by Crippen LogP contribution is -2.09. The lowest BCUT2D eigenvalue weighted by Gasteiger charge is -2.11. The quantitative estimate of drug-likeness (QED) is 0.203. The largest absolute Gasteiger partial charge is 0.496 e. The van der Waals surface area contributed by atoms with Crippen LogP contribution in [0, 0.1) is 0 Å². The van der Waals surface area contributed by atoms with Crippen LogP contribution in [0.4, 0.5) is 5.69 Å². The first-order valence-corrected chi connectivity index (χ1v) is 11.7. The highest BCUT2D eigenvalue weighted by Gasteiger charge is 2.16. The number of benzene rings is 4. The predicted molar refractivity (Wildman–Crippen MR) is 146 cm³/mol. The monoisotopic (exact) mass is 491 g/mol. The smallest absolute Gasteiger partial charge is 0.337 e. The van der Waals surface area contributed by atoms with E-state index < -0.39 is 5.97 Å². The van der Waals surface area contributed by atoms with Crippen LogP contribution in [0.3, 0.4) is 0 Å². The van der Waals surface area contributed by atoms with Gasteiger partial charge < -0.3 is 19.2 Å². The number of ether oxygens (including phenoxy) is 2. The van der Waals surface area contributed by atoms with Gasteiger partial charge in [-0.3, -0.25) is 4.79 Å². The van der Waals surface area contributed by atoms with Crippen LogP contribution in [0.15, 0.2) is 95.6 Å². The van der Waals surface area contributed by atoms with Gasteiger partial charge >= 0.3 is 5.97 Å². The molecular formula is C31H25NO5. The molecule has 0 bridgehead atoms. The number of furan rings is 1. The summed E-state index contributed by atoms with van der Waals surface area (Å²) in [7, 11) is 2.92. The van der Waals surface area contributed by atoms with Crippen LogP contribution in [-0.2, 0) is 9.53 Å². The first-order valence-electron chi connectivity index (χ1n) is 11.7. The average Bonchev–Trinajstić information content (AvgIpc) is 3.34. The zero-order chi connectivity index (χ0) is 25.9. The molecule has 6 nitrogen and oxygen atoms in total. The molecule has 0 saturated carbocycles. The maximum Gasteiger partial charge on any atom is 0.337 e. The summed E-state index contributed by atoms with van der Waals surface area (Å²) in [5.41, 5.74) is 5.24. The summed E-state index contributed by atoms with van der Waals surface area (Å²) in [6.45, 7) is 1.86. The Kier molecular flexibility index (Phi) is 6.47. The molecule has 6 heteroatoms. The van der Waals surface area contributed by atoms with Gasteiger partial charge in [-0.05, 0) is 59.2 Å². The third-order valence-corrected chi connectivity index (χ3v) is 6.32. The fourth-order valence-electron chi connectivity index (χ4n) is 4.46. The molecule has 184 valence electrons. The van der Waals surface area contributed by atoms with Crippen molar-refractivity contribution >= 4 is 44.9 Å². The fraction of sp³-hybridized carbons (Fsp3) is 0.0968. The van der Waals surface area contributed by atoms with Gasteiger partial charge in [0.05, 0.1) is 26.0 Å². The number of anilines is 1. The fourth-order valence-corrected chi connectivity index (χ4v) is 4.46. The number of hydrogen-bond donors (Lipinski definition) is 1. The topological polar surface area (TPSA) is 77.8 Å². The highest BCUT2D eigenvalue weighted by molar-refractivity contribution is 6.07. The van der Waals surface area contributed by atoms with Crippen LogP contribution in [0.5, 0.6) is 5.75 Å². The van der Waals surface area contributed by atoms with Crippen molar-refractivity contribution in [3.63, 3.8) is 0 Å². The van der Waals surface area contributed by atoms with Gasteiger partial charge in [0.2, 0.25) is 5.91 Å². The van der Waals surface area contributed by atoms with E-state index in [0.717, 1.165) is 38.4 Å². The summed E-state index contributed by atoms with van der Waals surface area (Å²) in [4.78, 5) is 24.4. The maximum atomic E-state index is 12.8. The van der Waals surface area contributed by atoms with E-state index in [2.05, 4.69) is 29.6 Å². The van der Waals surface area contributed by atoms with Crippen molar-refractivity contribution in [3.8, 4) is 16.9 Å². The Morgan fingerprint density at radius 3 is 2.38 bits per heavy atom. The van der Waals surface area contributed by atoms with Crippen LogP contribution < -0.4 is 10.1 Å². The second-order valence-corrected chi connectivity index (χ2v) is 8.61. The average molecular weight is 492 g/mol. The lowest BCUT2D eigenvalue weighted by atomic mass is 9.96. The minimum Gasteiger partial charge on any atom is -0.496 e. The van der Waals surface area contributed by atoms with Crippen molar-refractivity contribution in [2.24, 2.45) is 0 Å². The first kappa shape index (κ1) is 23.9. The third-order valence-electron chi connectivity index (χ3n) is 6.32. The van der Waals surface area contributed by atoms with Gasteiger partial charge in [0.25, 0.3) is 0 Å². The van der Waals surface area contributed by atoms with E-state index in [-0.39, 0.29) is 5.91 Å². The van der Waals surface area contributed by atoms with Gasteiger partial charge in [0.15, 0.2) is 0 Å². The summed E-state index contributed by atoms with van der Waals surface area (Å²) < 4.78 is 16.3. The Morgan fingerprint density at radius 2 is 1.62 bits per heavy atom. The molecule has 1 heterocycles. The summed E-state index contributed by atoms with van der Waals surface area (Å²) in [5, 5.41) is 6.04. The zero-order valence-corrected chi connectivity index (χ0v) is 20.7. The molecule has 0 aliphatic heterocycles. The molecule has 1 aromatic heterocycles. The Bertz CT molecular complexity index is 1660.